The number of aliphatic imine (C=N–C) groups is 1. The zero-order chi connectivity index (χ0) is 16.4. The van der Waals surface area contributed by atoms with Gasteiger partial charge in [-0.15, -0.1) is 0 Å². The minimum atomic E-state index is -2.86. The number of para-hydroxylation sites is 1. The van der Waals surface area contributed by atoms with Gasteiger partial charge >= 0.3 is 6.61 Å². The van der Waals surface area contributed by atoms with Crippen molar-refractivity contribution in [1.29, 1.82) is 0 Å². The first-order valence-electron chi connectivity index (χ1n) is 7.22. The lowest BCUT2D eigenvalue weighted by molar-refractivity contribution is -0.0504. The maximum atomic E-state index is 12.4. The first kappa shape index (κ1) is 18.2. The van der Waals surface area contributed by atoms with Gasteiger partial charge in [-0.25, -0.2) is 4.99 Å². The lowest BCUT2D eigenvalue weighted by Gasteiger charge is -2.14. The number of nitrogens with zero attached hydrogens (tertiary/aromatic N) is 1. The number of halogens is 2. The molecule has 1 rings (SSSR count). The molecular weight excluding hydrogens is 292 g/mol. The number of hydrogen-bond donors (Lipinski definition) is 3. The summed E-state index contributed by atoms with van der Waals surface area (Å²) in [5.41, 5.74) is 0.579. The fraction of sp³-hybridized carbons (Fsp3) is 0.533. The van der Waals surface area contributed by atoms with Gasteiger partial charge in [0, 0.05) is 25.3 Å². The van der Waals surface area contributed by atoms with Crippen molar-refractivity contribution in [2.75, 3.05) is 19.7 Å². The van der Waals surface area contributed by atoms with E-state index in [1.54, 1.807) is 18.2 Å². The van der Waals surface area contributed by atoms with Crippen LogP contribution >= 0.6 is 0 Å². The third-order valence-corrected chi connectivity index (χ3v) is 2.87. The summed E-state index contributed by atoms with van der Waals surface area (Å²) in [4.78, 5) is 4.35. The lowest BCUT2D eigenvalue weighted by atomic mass is 10.2. The second-order valence-electron chi connectivity index (χ2n) is 4.85. The van der Waals surface area contributed by atoms with Crippen LogP contribution in [0.25, 0.3) is 0 Å². The summed E-state index contributed by atoms with van der Waals surface area (Å²) in [6.45, 7) is 2.51. The van der Waals surface area contributed by atoms with Crippen LogP contribution in [-0.4, -0.2) is 37.4 Å². The van der Waals surface area contributed by atoms with Crippen LogP contribution in [-0.2, 0) is 6.54 Å². The van der Waals surface area contributed by atoms with Gasteiger partial charge in [0.05, 0.1) is 6.54 Å². The maximum absolute atomic E-state index is 12.4. The Balaban J connectivity index is 2.73. The molecule has 5 nitrogen and oxygen atoms in total. The van der Waals surface area contributed by atoms with E-state index >= 15 is 0 Å². The van der Waals surface area contributed by atoms with Crippen molar-refractivity contribution in [3.63, 3.8) is 0 Å². The fourth-order valence-corrected chi connectivity index (χ4v) is 1.69. The Kier molecular flexibility index (Phi) is 8.21. The summed E-state index contributed by atoms with van der Waals surface area (Å²) in [5, 5.41) is 15.2. The highest BCUT2D eigenvalue weighted by Gasteiger charge is 2.09. The predicted octanol–water partition coefficient (Wildman–Crippen LogP) is 1.97. The van der Waals surface area contributed by atoms with E-state index in [9.17, 15) is 8.78 Å². The molecule has 1 unspecified atom stereocenters. The Bertz CT molecular complexity index is 470. The summed E-state index contributed by atoms with van der Waals surface area (Å²) in [7, 11) is 0. The van der Waals surface area contributed by atoms with E-state index in [1.807, 2.05) is 13.8 Å². The molecule has 0 spiro atoms. The van der Waals surface area contributed by atoms with Gasteiger partial charge in [0.2, 0.25) is 0 Å². The van der Waals surface area contributed by atoms with E-state index in [2.05, 4.69) is 20.4 Å². The number of aliphatic hydroxyl groups is 1. The Morgan fingerprint density at radius 2 is 2.05 bits per heavy atom. The maximum Gasteiger partial charge on any atom is 0.387 e. The lowest BCUT2D eigenvalue weighted by Crippen LogP contribution is -2.39. The van der Waals surface area contributed by atoms with Crippen LogP contribution in [0.4, 0.5) is 8.78 Å². The number of alkyl halides is 2. The average molecular weight is 315 g/mol. The second-order valence-corrected chi connectivity index (χ2v) is 4.85. The molecule has 0 aliphatic heterocycles. The quantitative estimate of drug-likeness (QED) is 0.507. The normalized spacial score (nSPS) is 13.1. The van der Waals surface area contributed by atoms with E-state index < -0.39 is 6.61 Å². The van der Waals surface area contributed by atoms with Crippen molar-refractivity contribution in [3.8, 4) is 5.75 Å². The molecule has 124 valence electrons. The molecule has 7 heteroatoms. The van der Waals surface area contributed by atoms with Gasteiger partial charge in [-0.2, -0.15) is 8.78 Å². The molecule has 22 heavy (non-hydrogen) atoms. The number of ether oxygens (including phenoxy) is 1. The first-order valence-corrected chi connectivity index (χ1v) is 7.22. The van der Waals surface area contributed by atoms with Crippen molar-refractivity contribution >= 4 is 5.96 Å². The van der Waals surface area contributed by atoms with Crippen LogP contribution in [0, 0.1) is 5.92 Å². The van der Waals surface area contributed by atoms with E-state index in [0.717, 1.165) is 0 Å². The van der Waals surface area contributed by atoms with Crippen molar-refractivity contribution < 1.29 is 18.6 Å². The number of benzene rings is 1. The molecule has 0 fully saturated rings. The number of nitrogens with one attached hydrogen (secondary N) is 2. The summed E-state index contributed by atoms with van der Waals surface area (Å²) in [5.74, 6) is 0.786. The van der Waals surface area contributed by atoms with E-state index in [4.69, 9.17) is 5.11 Å². The third-order valence-electron chi connectivity index (χ3n) is 2.87. The van der Waals surface area contributed by atoms with Gasteiger partial charge in [-0.3, -0.25) is 0 Å². The largest absolute Gasteiger partial charge is 0.434 e. The van der Waals surface area contributed by atoms with E-state index in [-0.39, 0.29) is 24.8 Å². The zero-order valence-corrected chi connectivity index (χ0v) is 12.9. The highest BCUT2D eigenvalue weighted by molar-refractivity contribution is 5.79. The van der Waals surface area contributed by atoms with Crippen LogP contribution in [0.1, 0.15) is 19.4 Å². The van der Waals surface area contributed by atoms with Gasteiger partial charge in [0.1, 0.15) is 5.75 Å². The Hall–Kier alpha value is -1.89. The summed E-state index contributed by atoms with van der Waals surface area (Å²) in [6.07, 6.45) is 0. The monoisotopic (exact) mass is 315 g/mol. The molecule has 0 aliphatic rings. The molecule has 0 aliphatic carbocycles. The number of aliphatic hydroxyl groups excluding tert-OH is 1. The SMILES string of the molecule is CCNC(=NCc1ccccc1OC(F)F)NCC(C)CO. The molecule has 0 heterocycles. The zero-order valence-electron chi connectivity index (χ0n) is 12.9. The minimum Gasteiger partial charge on any atom is -0.434 e. The second kappa shape index (κ2) is 9.94. The fourth-order valence-electron chi connectivity index (χ4n) is 1.69. The van der Waals surface area contributed by atoms with Crippen molar-refractivity contribution in [1.82, 2.24) is 10.6 Å². The van der Waals surface area contributed by atoms with Crippen LogP contribution in [0.2, 0.25) is 0 Å². The molecule has 0 bridgehead atoms. The molecule has 0 radical (unpaired) electrons. The molecule has 1 atom stereocenters. The standard InChI is InChI=1S/C15H23F2N3O2/c1-3-18-15(19-8-11(2)10-21)20-9-12-6-4-5-7-13(12)22-14(16)17/h4-7,11,14,21H,3,8-10H2,1-2H3,(H2,18,19,20). The number of rotatable bonds is 8. The van der Waals surface area contributed by atoms with Crippen molar-refractivity contribution in [2.24, 2.45) is 10.9 Å². The highest BCUT2D eigenvalue weighted by atomic mass is 19.3. The molecule has 0 saturated heterocycles. The summed E-state index contributed by atoms with van der Waals surface area (Å²) < 4.78 is 29.2. The highest BCUT2D eigenvalue weighted by Crippen LogP contribution is 2.20. The average Bonchev–Trinajstić information content (AvgIpc) is 2.50. The Morgan fingerprint density at radius 3 is 2.68 bits per heavy atom. The number of hydrogen-bond acceptors (Lipinski definition) is 3. The molecule has 3 N–H and O–H groups in total. The summed E-state index contributed by atoms with van der Waals surface area (Å²) in [6, 6.07) is 6.57. The van der Waals surface area contributed by atoms with Gasteiger partial charge < -0.3 is 20.5 Å². The Morgan fingerprint density at radius 1 is 1.32 bits per heavy atom. The molecule has 0 amide bonds. The molecular formula is C15H23F2N3O2. The summed E-state index contributed by atoms with van der Waals surface area (Å²) >= 11 is 0. The van der Waals surface area contributed by atoms with E-state index in [1.165, 1.54) is 6.07 Å². The van der Waals surface area contributed by atoms with Gasteiger partial charge in [0.15, 0.2) is 5.96 Å². The van der Waals surface area contributed by atoms with Crippen molar-refractivity contribution in [2.45, 2.75) is 27.0 Å². The van der Waals surface area contributed by atoms with Crippen LogP contribution in [0.3, 0.4) is 0 Å². The third kappa shape index (κ3) is 6.71. The molecule has 0 saturated carbocycles. The van der Waals surface area contributed by atoms with Crippen LogP contribution in [0.5, 0.6) is 5.75 Å². The molecule has 0 aromatic heterocycles. The smallest absolute Gasteiger partial charge is 0.387 e. The Labute approximate surface area is 129 Å². The molecule has 1 aromatic carbocycles. The molecule has 1 aromatic rings. The van der Waals surface area contributed by atoms with Crippen LogP contribution in [0.15, 0.2) is 29.3 Å². The van der Waals surface area contributed by atoms with Gasteiger partial charge in [-0.1, -0.05) is 25.1 Å². The predicted molar refractivity (Wildman–Crippen MR) is 82.1 cm³/mol. The van der Waals surface area contributed by atoms with Gasteiger partial charge in [0.25, 0.3) is 0 Å². The first-order chi connectivity index (χ1) is 10.6. The minimum absolute atomic E-state index is 0.0808. The number of guanidine groups is 1. The van der Waals surface area contributed by atoms with E-state index in [0.29, 0.717) is 24.6 Å². The topological polar surface area (TPSA) is 65.9 Å². The van der Waals surface area contributed by atoms with Gasteiger partial charge in [-0.05, 0) is 18.9 Å². The van der Waals surface area contributed by atoms with Crippen molar-refractivity contribution in [3.05, 3.63) is 29.8 Å². The van der Waals surface area contributed by atoms with Crippen LogP contribution < -0.4 is 15.4 Å².